The number of alkyl halides is 3. The number of pyridine rings is 1. The Morgan fingerprint density at radius 3 is 2.54 bits per heavy atom. The van der Waals surface area contributed by atoms with Crippen molar-refractivity contribution in [2.24, 2.45) is 11.3 Å². The third-order valence-corrected chi connectivity index (χ3v) is 4.73. The molecule has 0 saturated carbocycles. The lowest BCUT2D eigenvalue weighted by molar-refractivity contribution is -0.214. The zero-order valence-corrected chi connectivity index (χ0v) is 14.2. The summed E-state index contributed by atoms with van der Waals surface area (Å²) >= 11 is 0. The van der Waals surface area contributed by atoms with Crippen LogP contribution >= 0.6 is 0 Å². The predicted octanol–water partition coefficient (Wildman–Crippen LogP) is 4.15. The summed E-state index contributed by atoms with van der Waals surface area (Å²) in [6.07, 6.45) is -0.284. The molecule has 24 heavy (non-hydrogen) atoms. The molecule has 1 fully saturated rings. The summed E-state index contributed by atoms with van der Waals surface area (Å²) in [6.45, 7) is 5.31. The van der Waals surface area contributed by atoms with E-state index in [-0.39, 0.29) is 31.6 Å². The number of nitrogens with zero attached hydrogens (tertiary/aromatic N) is 2. The summed E-state index contributed by atoms with van der Waals surface area (Å²) in [5, 5.41) is 2.92. The summed E-state index contributed by atoms with van der Waals surface area (Å²) in [4.78, 5) is 17.9. The molecule has 0 spiro atoms. The number of aromatic nitrogens is 1. The predicted molar refractivity (Wildman–Crippen MR) is 85.3 cm³/mol. The molecule has 2 rings (SSSR count). The van der Waals surface area contributed by atoms with Crippen LogP contribution in [-0.4, -0.2) is 35.2 Å². The molecule has 1 saturated heterocycles. The Morgan fingerprint density at radius 1 is 1.42 bits per heavy atom. The summed E-state index contributed by atoms with van der Waals surface area (Å²) < 4.78 is 39.4. The first-order valence-electron chi connectivity index (χ1n) is 8.17. The quantitative estimate of drug-likeness (QED) is 0.896. The average Bonchev–Trinajstić information content (AvgIpc) is 2.50. The Labute approximate surface area is 140 Å². The number of hydrogen-bond acceptors (Lipinski definition) is 2. The van der Waals surface area contributed by atoms with E-state index in [1.807, 2.05) is 19.1 Å². The van der Waals surface area contributed by atoms with Gasteiger partial charge in [0.1, 0.15) is 0 Å². The van der Waals surface area contributed by atoms with Crippen LogP contribution in [0.3, 0.4) is 0 Å². The van der Waals surface area contributed by atoms with Crippen LogP contribution < -0.4 is 5.32 Å². The number of amides is 2. The van der Waals surface area contributed by atoms with E-state index in [9.17, 15) is 18.0 Å². The van der Waals surface area contributed by atoms with Crippen LogP contribution in [0, 0.1) is 11.3 Å². The molecule has 4 nitrogen and oxygen atoms in total. The third-order valence-electron chi connectivity index (χ3n) is 4.73. The van der Waals surface area contributed by atoms with Crippen LogP contribution in [0.2, 0.25) is 0 Å². The van der Waals surface area contributed by atoms with Gasteiger partial charge in [-0.2, -0.15) is 13.2 Å². The maximum absolute atomic E-state index is 13.1. The molecule has 0 aliphatic carbocycles. The van der Waals surface area contributed by atoms with Crippen molar-refractivity contribution in [2.75, 3.05) is 13.1 Å². The number of halogens is 3. The maximum atomic E-state index is 13.1. The molecular weight excluding hydrogens is 319 g/mol. The van der Waals surface area contributed by atoms with E-state index in [1.54, 1.807) is 26.2 Å². The normalized spacial score (nSPS) is 22.1. The number of piperidine rings is 1. The zero-order valence-electron chi connectivity index (χ0n) is 14.2. The fraction of sp³-hybridized carbons (Fsp3) is 0.647. The average molecular weight is 343 g/mol. The van der Waals surface area contributed by atoms with Crippen molar-refractivity contribution in [2.45, 2.75) is 45.8 Å². The second-order valence-corrected chi connectivity index (χ2v) is 6.98. The van der Waals surface area contributed by atoms with E-state index in [2.05, 4.69) is 10.3 Å². The van der Waals surface area contributed by atoms with Crippen LogP contribution in [-0.2, 0) is 0 Å². The number of carbonyl (C=O) groups is 1. The zero-order chi connectivity index (χ0) is 18.0. The molecule has 0 radical (unpaired) electrons. The molecule has 7 heteroatoms. The largest absolute Gasteiger partial charge is 0.392 e. The molecular formula is C17H24F3N3O. The van der Waals surface area contributed by atoms with Crippen LogP contribution in [0.5, 0.6) is 0 Å². The Hall–Kier alpha value is -1.79. The van der Waals surface area contributed by atoms with Gasteiger partial charge in [-0.3, -0.25) is 4.98 Å². The van der Waals surface area contributed by atoms with Gasteiger partial charge in [0.25, 0.3) is 0 Å². The fourth-order valence-corrected chi connectivity index (χ4v) is 3.39. The van der Waals surface area contributed by atoms with Crippen molar-refractivity contribution in [1.29, 1.82) is 0 Å². The van der Waals surface area contributed by atoms with Gasteiger partial charge in [-0.05, 0) is 36.0 Å². The lowest BCUT2D eigenvalue weighted by atomic mass is 9.73. The molecule has 1 aromatic rings. The van der Waals surface area contributed by atoms with Gasteiger partial charge in [-0.15, -0.1) is 0 Å². The van der Waals surface area contributed by atoms with Crippen molar-refractivity contribution < 1.29 is 18.0 Å². The summed E-state index contributed by atoms with van der Waals surface area (Å²) in [6, 6.07) is 3.17. The smallest absolute Gasteiger partial charge is 0.331 e. The molecule has 2 heterocycles. The van der Waals surface area contributed by atoms with E-state index in [0.29, 0.717) is 6.42 Å². The minimum atomic E-state index is -4.23. The molecule has 134 valence electrons. The summed E-state index contributed by atoms with van der Waals surface area (Å²) in [5.74, 6) is -1.38. The van der Waals surface area contributed by atoms with Gasteiger partial charge in [0, 0.05) is 25.5 Å². The number of hydrogen-bond donors (Lipinski definition) is 1. The van der Waals surface area contributed by atoms with E-state index in [0.717, 1.165) is 5.56 Å². The van der Waals surface area contributed by atoms with Gasteiger partial charge in [0.05, 0.1) is 12.0 Å². The standard InChI is InChI=1S/C17H24F3N3O/c1-4-13(12-5-8-21-9-6-12)22-15(24)23-10-7-14(17(18,19)20)16(2,3)11-23/h5-6,8-9,13-14H,4,7,10-11H2,1-3H3,(H,22,24)/t13-,14+/m1/s1. The maximum Gasteiger partial charge on any atom is 0.392 e. The molecule has 2 amide bonds. The van der Waals surface area contributed by atoms with E-state index in [1.165, 1.54) is 4.90 Å². The van der Waals surface area contributed by atoms with Crippen LogP contribution in [0.1, 0.15) is 45.2 Å². The monoisotopic (exact) mass is 343 g/mol. The summed E-state index contributed by atoms with van der Waals surface area (Å²) in [5.41, 5.74) is -0.0584. The number of urea groups is 1. The SMILES string of the molecule is CC[C@@H](NC(=O)N1CC[C@H](C(F)(F)F)C(C)(C)C1)c1ccncc1. The second kappa shape index (κ2) is 6.99. The number of nitrogens with one attached hydrogen (secondary N) is 1. The Balaban J connectivity index is 2.03. The van der Waals surface area contributed by atoms with Gasteiger partial charge in [0.15, 0.2) is 0 Å². The van der Waals surface area contributed by atoms with E-state index >= 15 is 0 Å². The van der Waals surface area contributed by atoms with Gasteiger partial charge in [0.2, 0.25) is 0 Å². The highest BCUT2D eigenvalue weighted by molar-refractivity contribution is 5.75. The Kier molecular flexibility index (Phi) is 5.40. The van der Waals surface area contributed by atoms with Gasteiger partial charge in [-0.25, -0.2) is 4.79 Å². The second-order valence-electron chi connectivity index (χ2n) is 6.98. The topological polar surface area (TPSA) is 45.2 Å². The van der Waals surface area contributed by atoms with Crippen molar-refractivity contribution >= 4 is 6.03 Å². The molecule has 1 aromatic heterocycles. The lowest BCUT2D eigenvalue weighted by Crippen LogP contribution is -2.54. The van der Waals surface area contributed by atoms with Crippen molar-refractivity contribution in [3.05, 3.63) is 30.1 Å². The molecule has 0 unspecified atom stereocenters. The van der Waals surface area contributed by atoms with Crippen molar-refractivity contribution in [3.63, 3.8) is 0 Å². The summed E-state index contributed by atoms with van der Waals surface area (Å²) in [7, 11) is 0. The van der Waals surface area contributed by atoms with Crippen LogP contribution in [0.15, 0.2) is 24.5 Å². The van der Waals surface area contributed by atoms with Crippen molar-refractivity contribution in [1.82, 2.24) is 15.2 Å². The molecule has 1 aliphatic rings. The lowest BCUT2D eigenvalue weighted by Gasteiger charge is -2.45. The first kappa shape index (κ1) is 18.5. The molecule has 2 atom stereocenters. The number of rotatable bonds is 3. The minimum Gasteiger partial charge on any atom is -0.331 e. The van der Waals surface area contributed by atoms with Crippen LogP contribution in [0.25, 0.3) is 0 Å². The fourth-order valence-electron chi connectivity index (χ4n) is 3.39. The highest BCUT2D eigenvalue weighted by Crippen LogP contribution is 2.45. The Bertz CT molecular complexity index is 560. The first-order valence-corrected chi connectivity index (χ1v) is 8.17. The minimum absolute atomic E-state index is 0.0596. The number of carbonyl (C=O) groups excluding carboxylic acids is 1. The van der Waals surface area contributed by atoms with Gasteiger partial charge in [-0.1, -0.05) is 20.8 Å². The Morgan fingerprint density at radius 2 is 2.04 bits per heavy atom. The van der Waals surface area contributed by atoms with E-state index < -0.39 is 17.5 Å². The van der Waals surface area contributed by atoms with Gasteiger partial charge < -0.3 is 10.2 Å². The van der Waals surface area contributed by atoms with Crippen LogP contribution in [0.4, 0.5) is 18.0 Å². The molecule has 1 aliphatic heterocycles. The molecule has 0 bridgehead atoms. The van der Waals surface area contributed by atoms with Gasteiger partial charge >= 0.3 is 12.2 Å². The highest BCUT2D eigenvalue weighted by Gasteiger charge is 2.51. The highest BCUT2D eigenvalue weighted by atomic mass is 19.4. The molecule has 1 N–H and O–H groups in total. The number of likely N-dealkylation sites (tertiary alicyclic amines) is 1. The molecule has 0 aromatic carbocycles. The van der Waals surface area contributed by atoms with E-state index in [4.69, 9.17) is 0 Å². The third kappa shape index (κ3) is 4.19. The first-order chi connectivity index (χ1) is 11.1. The van der Waals surface area contributed by atoms with Crippen molar-refractivity contribution in [3.8, 4) is 0 Å².